The van der Waals surface area contributed by atoms with Gasteiger partial charge in [-0.15, -0.1) is 0 Å². The molecule has 1 aromatic carbocycles. The molecular weight excluding hydrogens is 224 g/mol. The van der Waals surface area contributed by atoms with Gasteiger partial charge in [0.05, 0.1) is 16.1 Å². The summed E-state index contributed by atoms with van der Waals surface area (Å²) in [5, 5.41) is 19.7. The lowest BCUT2D eigenvalue weighted by atomic mass is 10.1. The van der Waals surface area contributed by atoms with E-state index in [1.807, 2.05) is 0 Å². The number of hydrogen-bond acceptors (Lipinski definition) is 4. The van der Waals surface area contributed by atoms with Crippen molar-refractivity contribution < 1.29 is 23.6 Å². The molecule has 16 heavy (non-hydrogen) atoms. The van der Waals surface area contributed by atoms with Gasteiger partial charge in [-0.05, 0) is 13.0 Å². The Morgan fingerprint density at radius 3 is 2.44 bits per heavy atom. The Morgan fingerprint density at radius 2 is 2.06 bits per heavy atom. The van der Waals surface area contributed by atoms with Crippen LogP contribution in [0.2, 0.25) is 0 Å². The number of aromatic hydroxyl groups is 1. The van der Waals surface area contributed by atoms with Gasteiger partial charge in [0.15, 0.2) is 5.78 Å². The van der Waals surface area contributed by atoms with Crippen LogP contribution in [-0.2, 0) is 0 Å². The molecule has 0 saturated heterocycles. The van der Waals surface area contributed by atoms with E-state index in [1.54, 1.807) is 0 Å². The number of carbonyl (C=O) groups is 1. The molecule has 0 amide bonds. The molecule has 5 nitrogen and oxygen atoms in total. The Kier molecular flexibility index (Phi) is 3.17. The van der Waals surface area contributed by atoms with Gasteiger partial charge in [-0.25, -0.2) is 8.78 Å². The Labute approximate surface area is 88.5 Å². The van der Waals surface area contributed by atoms with E-state index >= 15 is 0 Å². The van der Waals surface area contributed by atoms with E-state index < -0.39 is 39.7 Å². The first-order valence-electron chi connectivity index (χ1n) is 4.15. The normalized spacial score (nSPS) is 10.5. The number of carbonyl (C=O) groups excluding carboxylic acids is 1. The molecule has 1 N–H and O–H groups in total. The lowest BCUT2D eigenvalue weighted by Crippen LogP contribution is -2.02. The average Bonchev–Trinajstić information content (AvgIpc) is 2.15. The molecule has 0 aromatic heterocycles. The largest absolute Gasteiger partial charge is 0.507 e. The molecule has 0 spiro atoms. The summed E-state index contributed by atoms with van der Waals surface area (Å²) in [4.78, 5) is 20.6. The van der Waals surface area contributed by atoms with Crippen molar-refractivity contribution in [2.24, 2.45) is 0 Å². The lowest BCUT2D eigenvalue weighted by molar-refractivity contribution is -0.385. The molecule has 86 valence electrons. The van der Waals surface area contributed by atoms with Gasteiger partial charge in [-0.2, -0.15) is 0 Å². The molecule has 0 aliphatic rings. The molecule has 0 radical (unpaired) electrons. The minimum absolute atomic E-state index is 0.396. The summed E-state index contributed by atoms with van der Waals surface area (Å²) in [6.45, 7) is 1.05. The number of Topliss-reactive ketones (excluding diaryl/α,β-unsaturated/α-hetero) is 1. The smallest absolute Gasteiger partial charge is 0.280 e. The summed E-state index contributed by atoms with van der Waals surface area (Å²) >= 11 is 0. The number of alkyl halides is 2. The number of halogens is 2. The molecule has 0 unspecified atom stereocenters. The number of hydrogen-bond donors (Lipinski definition) is 1. The maximum absolute atomic E-state index is 12.3. The van der Waals surface area contributed by atoms with Crippen molar-refractivity contribution in [2.45, 2.75) is 13.3 Å². The van der Waals surface area contributed by atoms with Crippen molar-refractivity contribution in [3.63, 3.8) is 0 Å². The minimum atomic E-state index is -3.04. The number of nitro groups is 1. The summed E-state index contributed by atoms with van der Waals surface area (Å²) in [6, 6.07) is 1.19. The number of benzene rings is 1. The highest BCUT2D eigenvalue weighted by Gasteiger charge is 2.24. The number of rotatable bonds is 3. The van der Waals surface area contributed by atoms with Crippen molar-refractivity contribution in [2.75, 3.05) is 0 Å². The molecule has 0 aliphatic heterocycles. The van der Waals surface area contributed by atoms with Gasteiger partial charge in [-0.1, -0.05) is 0 Å². The molecule has 0 heterocycles. The molecule has 0 fully saturated rings. The zero-order chi connectivity index (χ0) is 12.5. The third kappa shape index (κ3) is 2.13. The van der Waals surface area contributed by atoms with E-state index in [1.165, 1.54) is 0 Å². The first kappa shape index (κ1) is 12.0. The Balaban J connectivity index is 3.49. The second-order valence-corrected chi connectivity index (χ2v) is 3.04. The SMILES string of the molecule is CC(=O)c1cc(O)c(C(F)F)cc1[N+](=O)[O-]. The molecule has 1 aromatic rings. The fraction of sp³-hybridized carbons (Fsp3) is 0.222. The predicted molar refractivity (Wildman–Crippen MR) is 49.7 cm³/mol. The van der Waals surface area contributed by atoms with E-state index in [2.05, 4.69) is 0 Å². The number of phenols is 1. The van der Waals surface area contributed by atoms with Crippen molar-refractivity contribution in [1.82, 2.24) is 0 Å². The maximum atomic E-state index is 12.3. The van der Waals surface area contributed by atoms with Crippen LogP contribution in [0.4, 0.5) is 14.5 Å². The quantitative estimate of drug-likeness (QED) is 0.492. The number of nitro benzene ring substituents is 1. The molecule has 0 saturated carbocycles. The molecule has 7 heteroatoms. The average molecular weight is 231 g/mol. The standard InChI is InChI=1S/C9H7F2NO4/c1-4(13)5-3-8(14)6(9(10)11)2-7(5)12(15)16/h2-3,9,14H,1H3. The first-order chi connectivity index (χ1) is 7.34. The Morgan fingerprint density at radius 1 is 1.50 bits per heavy atom. The fourth-order valence-electron chi connectivity index (χ4n) is 1.20. The van der Waals surface area contributed by atoms with Crippen LogP contribution in [0.5, 0.6) is 5.75 Å². The molecule has 0 aliphatic carbocycles. The zero-order valence-electron chi connectivity index (χ0n) is 8.11. The molecular formula is C9H7F2NO4. The summed E-state index contributed by atoms with van der Waals surface area (Å²) in [5.74, 6) is -1.51. The predicted octanol–water partition coefficient (Wildman–Crippen LogP) is 2.44. The van der Waals surface area contributed by atoms with Gasteiger partial charge >= 0.3 is 0 Å². The molecule has 1 rings (SSSR count). The molecule has 0 atom stereocenters. The zero-order valence-corrected chi connectivity index (χ0v) is 8.11. The fourth-order valence-corrected chi connectivity index (χ4v) is 1.20. The van der Waals surface area contributed by atoms with Gasteiger partial charge in [0.1, 0.15) is 5.75 Å². The van der Waals surface area contributed by atoms with Crippen molar-refractivity contribution in [1.29, 1.82) is 0 Å². The number of ketones is 1. The van der Waals surface area contributed by atoms with Crippen LogP contribution in [0, 0.1) is 10.1 Å². The lowest BCUT2D eigenvalue weighted by Gasteiger charge is -2.05. The molecule has 0 bridgehead atoms. The third-order valence-corrected chi connectivity index (χ3v) is 1.96. The first-order valence-corrected chi connectivity index (χ1v) is 4.15. The summed E-state index contributed by atoms with van der Waals surface area (Å²) < 4.78 is 24.7. The third-order valence-electron chi connectivity index (χ3n) is 1.96. The van der Waals surface area contributed by atoms with Crippen LogP contribution in [0.15, 0.2) is 12.1 Å². The van der Waals surface area contributed by atoms with Crippen molar-refractivity contribution >= 4 is 11.5 Å². The second-order valence-electron chi connectivity index (χ2n) is 3.04. The second kappa shape index (κ2) is 4.21. The van der Waals surface area contributed by atoms with Crippen LogP contribution >= 0.6 is 0 Å². The van der Waals surface area contributed by atoms with Crippen LogP contribution in [-0.4, -0.2) is 15.8 Å². The van der Waals surface area contributed by atoms with Gasteiger partial charge in [-0.3, -0.25) is 14.9 Å². The van der Waals surface area contributed by atoms with Crippen molar-refractivity contribution in [3.8, 4) is 5.75 Å². The highest BCUT2D eigenvalue weighted by Crippen LogP contribution is 2.34. The number of phenolic OH excluding ortho intramolecular Hbond substituents is 1. The van der Waals surface area contributed by atoms with Gasteiger partial charge in [0.2, 0.25) is 0 Å². The van der Waals surface area contributed by atoms with Crippen LogP contribution in [0.3, 0.4) is 0 Å². The van der Waals surface area contributed by atoms with Crippen molar-refractivity contribution in [3.05, 3.63) is 33.4 Å². The highest BCUT2D eigenvalue weighted by atomic mass is 19.3. The van der Waals surface area contributed by atoms with Gasteiger partial charge in [0.25, 0.3) is 12.1 Å². The van der Waals surface area contributed by atoms with Gasteiger partial charge < -0.3 is 5.11 Å². The van der Waals surface area contributed by atoms with Crippen LogP contribution in [0.25, 0.3) is 0 Å². The summed E-state index contributed by atoms with van der Waals surface area (Å²) in [7, 11) is 0. The van der Waals surface area contributed by atoms with E-state index in [0.29, 0.717) is 12.1 Å². The number of nitrogens with zero attached hydrogens (tertiary/aromatic N) is 1. The maximum Gasteiger partial charge on any atom is 0.280 e. The highest BCUT2D eigenvalue weighted by molar-refractivity contribution is 5.98. The van der Waals surface area contributed by atoms with Crippen LogP contribution in [0.1, 0.15) is 29.3 Å². The Bertz CT molecular complexity index is 459. The van der Waals surface area contributed by atoms with E-state index in [0.717, 1.165) is 6.92 Å². The van der Waals surface area contributed by atoms with E-state index in [-0.39, 0.29) is 0 Å². The van der Waals surface area contributed by atoms with Gasteiger partial charge in [0, 0.05) is 6.07 Å². The van der Waals surface area contributed by atoms with E-state index in [4.69, 9.17) is 5.11 Å². The topological polar surface area (TPSA) is 80.4 Å². The monoisotopic (exact) mass is 231 g/mol. The summed E-state index contributed by atoms with van der Waals surface area (Å²) in [6.07, 6.45) is -3.04. The van der Waals surface area contributed by atoms with Crippen LogP contribution < -0.4 is 0 Å². The van der Waals surface area contributed by atoms with E-state index in [9.17, 15) is 23.7 Å². The Hall–Kier alpha value is -2.05. The summed E-state index contributed by atoms with van der Waals surface area (Å²) in [5.41, 5.74) is -2.00. The minimum Gasteiger partial charge on any atom is -0.507 e.